The summed E-state index contributed by atoms with van der Waals surface area (Å²) in [6, 6.07) is 0.518. The molecule has 2 heterocycles. The number of thiophene rings is 1. The van der Waals surface area contributed by atoms with E-state index in [9.17, 15) is 0 Å². The Labute approximate surface area is 134 Å². The molecule has 0 saturated heterocycles. The van der Waals surface area contributed by atoms with E-state index in [1.807, 2.05) is 0 Å². The van der Waals surface area contributed by atoms with Gasteiger partial charge in [0.15, 0.2) is 0 Å². The predicted octanol–water partition coefficient (Wildman–Crippen LogP) is 4.82. The standard InChI is InChI=1S/C16H20ClN3S/c1-9-5-2-3-7-11(9)18-14-13-10-6-4-8-12(10)21-15(13)20-16(17)19-14/h9,11H,2-8H2,1H3,(H,18,19,20). The summed E-state index contributed by atoms with van der Waals surface area (Å²) in [5.41, 5.74) is 1.47. The molecule has 0 radical (unpaired) electrons. The van der Waals surface area contributed by atoms with Crippen molar-refractivity contribution in [3.63, 3.8) is 0 Å². The second-order valence-corrected chi connectivity index (χ2v) is 7.81. The van der Waals surface area contributed by atoms with Gasteiger partial charge in [0.25, 0.3) is 0 Å². The molecule has 2 atom stereocenters. The first-order valence-corrected chi connectivity index (χ1v) is 9.16. The lowest BCUT2D eigenvalue weighted by molar-refractivity contribution is 0.349. The van der Waals surface area contributed by atoms with E-state index in [1.54, 1.807) is 11.3 Å². The van der Waals surface area contributed by atoms with Crippen LogP contribution in [0, 0.1) is 5.92 Å². The zero-order valence-corrected chi connectivity index (χ0v) is 13.9. The highest BCUT2D eigenvalue weighted by atomic mass is 35.5. The van der Waals surface area contributed by atoms with Gasteiger partial charge in [-0.3, -0.25) is 0 Å². The molecule has 4 rings (SSSR count). The highest BCUT2D eigenvalue weighted by Crippen LogP contribution is 2.40. The fourth-order valence-electron chi connectivity index (χ4n) is 3.78. The molecule has 0 spiro atoms. The van der Waals surface area contributed by atoms with Crippen LogP contribution in [0.1, 0.15) is 49.5 Å². The number of rotatable bonds is 2. The van der Waals surface area contributed by atoms with Crippen LogP contribution in [0.15, 0.2) is 0 Å². The number of aryl methyl sites for hydroxylation is 2. The molecular formula is C16H20ClN3S. The Balaban J connectivity index is 1.76. The Hall–Kier alpha value is -0.870. The van der Waals surface area contributed by atoms with Gasteiger partial charge in [0, 0.05) is 10.9 Å². The smallest absolute Gasteiger partial charge is 0.225 e. The van der Waals surface area contributed by atoms with E-state index in [-0.39, 0.29) is 0 Å². The fraction of sp³-hybridized carbons (Fsp3) is 0.625. The third-order valence-electron chi connectivity index (χ3n) is 4.97. The quantitative estimate of drug-likeness (QED) is 0.805. The highest BCUT2D eigenvalue weighted by Gasteiger charge is 2.26. The van der Waals surface area contributed by atoms with Gasteiger partial charge in [0.05, 0.1) is 5.39 Å². The van der Waals surface area contributed by atoms with Gasteiger partial charge >= 0.3 is 0 Å². The molecule has 2 aliphatic rings. The van der Waals surface area contributed by atoms with E-state index in [2.05, 4.69) is 22.2 Å². The van der Waals surface area contributed by atoms with Crippen molar-refractivity contribution in [1.29, 1.82) is 0 Å². The summed E-state index contributed by atoms with van der Waals surface area (Å²) in [4.78, 5) is 11.5. The molecular weight excluding hydrogens is 302 g/mol. The van der Waals surface area contributed by atoms with Gasteiger partial charge in [-0.05, 0) is 55.2 Å². The van der Waals surface area contributed by atoms with Crippen LogP contribution in [0.5, 0.6) is 0 Å². The van der Waals surface area contributed by atoms with Gasteiger partial charge in [-0.2, -0.15) is 0 Å². The lowest BCUT2D eigenvalue weighted by Gasteiger charge is -2.30. The molecule has 2 aliphatic carbocycles. The minimum absolute atomic E-state index is 0.369. The minimum Gasteiger partial charge on any atom is -0.366 e. The predicted molar refractivity (Wildman–Crippen MR) is 89.5 cm³/mol. The molecule has 1 N–H and O–H groups in total. The molecule has 1 fully saturated rings. The van der Waals surface area contributed by atoms with E-state index in [1.165, 1.54) is 54.4 Å². The molecule has 3 nitrogen and oxygen atoms in total. The summed E-state index contributed by atoms with van der Waals surface area (Å²) in [6.07, 6.45) is 8.82. The maximum Gasteiger partial charge on any atom is 0.225 e. The molecule has 0 aliphatic heterocycles. The molecule has 0 aromatic carbocycles. The van der Waals surface area contributed by atoms with Gasteiger partial charge in [-0.15, -0.1) is 11.3 Å². The lowest BCUT2D eigenvalue weighted by Crippen LogP contribution is -2.30. The van der Waals surface area contributed by atoms with Crippen LogP contribution in [0.25, 0.3) is 10.2 Å². The number of anilines is 1. The van der Waals surface area contributed by atoms with Crippen LogP contribution in [-0.2, 0) is 12.8 Å². The summed E-state index contributed by atoms with van der Waals surface area (Å²) in [5, 5.41) is 5.32. The van der Waals surface area contributed by atoms with Crippen molar-refractivity contribution in [2.45, 2.75) is 57.9 Å². The number of hydrogen-bond donors (Lipinski definition) is 1. The molecule has 2 aromatic heterocycles. The Morgan fingerprint density at radius 3 is 2.86 bits per heavy atom. The van der Waals surface area contributed by atoms with Crippen LogP contribution in [0.4, 0.5) is 5.82 Å². The number of fused-ring (bicyclic) bond motifs is 3. The third kappa shape index (κ3) is 2.42. The molecule has 2 aromatic rings. The largest absolute Gasteiger partial charge is 0.366 e. The van der Waals surface area contributed by atoms with Crippen LogP contribution in [0.3, 0.4) is 0 Å². The lowest BCUT2D eigenvalue weighted by atomic mass is 9.86. The maximum absolute atomic E-state index is 6.15. The molecule has 0 bridgehead atoms. The number of aromatic nitrogens is 2. The average molecular weight is 322 g/mol. The number of nitrogens with zero attached hydrogens (tertiary/aromatic N) is 2. The summed E-state index contributed by atoms with van der Waals surface area (Å²) in [6.45, 7) is 2.34. The molecule has 112 valence electrons. The first-order valence-electron chi connectivity index (χ1n) is 7.96. The number of hydrogen-bond acceptors (Lipinski definition) is 4. The fourth-order valence-corrected chi connectivity index (χ4v) is 5.26. The van der Waals surface area contributed by atoms with Gasteiger partial charge in [-0.25, -0.2) is 9.97 Å². The summed E-state index contributed by atoms with van der Waals surface area (Å²) in [7, 11) is 0. The Bertz CT molecular complexity index is 682. The van der Waals surface area contributed by atoms with Gasteiger partial charge in [-0.1, -0.05) is 19.8 Å². The van der Waals surface area contributed by atoms with Crippen molar-refractivity contribution in [2.24, 2.45) is 5.92 Å². The van der Waals surface area contributed by atoms with E-state index in [0.717, 1.165) is 17.1 Å². The molecule has 2 unspecified atom stereocenters. The average Bonchev–Trinajstić information content (AvgIpc) is 3.01. The topological polar surface area (TPSA) is 37.8 Å². The molecule has 21 heavy (non-hydrogen) atoms. The Morgan fingerprint density at radius 2 is 2.00 bits per heavy atom. The van der Waals surface area contributed by atoms with Crippen LogP contribution in [-0.4, -0.2) is 16.0 Å². The highest BCUT2D eigenvalue weighted by molar-refractivity contribution is 7.19. The third-order valence-corrected chi connectivity index (χ3v) is 6.33. The maximum atomic E-state index is 6.15. The van der Waals surface area contributed by atoms with E-state index < -0.39 is 0 Å². The van der Waals surface area contributed by atoms with Gasteiger partial charge < -0.3 is 5.32 Å². The van der Waals surface area contributed by atoms with Crippen LogP contribution >= 0.6 is 22.9 Å². The number of nitrogens with one attached hydrogen (secondary N) is 1. The van der Waals surface area contributed by atoms with E-state index >= 15 is 0 Å². The summed E-state index contributed by atoms with van der Waals surface area (Å²) in [5.74, 6) is 1.68. The monoisotopic (exact) mass is 321 g/mol. The van der Waals surface area contributed by atoms with Crippen molar-refractivity contribution in [3.05, 3.63) is 15.7 Å². The summed E-state index contributed by atoms with van der Waals surface area (Å²) < 4.78 is 0. The summed E-state index contributed by atoms with van der Waals surface area (Å²) >= 11 is 7.95. The minimum atomic E-state index is 0.369. The van der Waals surface area contributed by atoms with Crippen molar-refractivity contribution in [1.82, 2.24) is 9.97 Å². The van der Waals surface area contributed by atoms with E-state index in [0.29, 0.717) is 17.2 Å². The van der Waals surface area contributed by atoms with Crippen molar-refractivity contribution in [3.8, 4) is 0 Å². The van der Waals surface area contributed by atoms with Crippen LogP contribution < -0.4 is 5.32 Å². The van der Waals surface area contributed by atoms with Crippen molar-refractivity contribution < 1.29 is 0 Å². The normalized spacial score (nSPS) is 25.2. The molecule has 1 saturated carbocycles. The second kappa shape index (κ2) is 5.40. The zero-order valence-electron chi connectivity index (χ0n) is 12.3. The zero-order chi connectivity index (χ0) is 14.4. The van der Waals surface area contributed by atoms with Gasteiger partial charge in [0.2, 0.25) is 5.28 Å². The first-order chi connectivity index (χ1) is 10.2. The first kappa shape index (κ1) is 13.8. The van der Waals surface area contributed by atoms with Crippen molar-refractivity contribution >= 4 is 39.0 Å². The van der Waals surface area contributed by atoms with Gasteiger partial charge in [0.1, 0.15) is 10.6 Å². The number of halogens is 1. The van der Waals surface area contributed by atoms with E-state index in [4.69, 9.17) is 11.6 Å². The Kier molecular flexibility index (Phi) is 3.54. The second-order valence-electron chi connectivity index (χ2n) is 6.39. The van der Waals surface area contributed by atoms with Crippen LogP contribution in [0.2, 0.25) is 5.28 Å². The SMILES string of the molecule is CC1CCCCC1Nc1nc(Cl)nc2sc3c(c12)CCC3. The molecule has 5 heteroatoms. The molecule has 0 amide bonds. The Morgan fingerprint density at radius 1 is 1.14 bits per heavy atom. The van der Waals surface area contributed by atoms with Crippen molar-refractivity contribution in [2.75, 3.05) is 5.32 Å².